The van der Waals surface area contributed by atoms with Crippen LogP contribution in [-0.4, -0.2) is 36.3 Å². The molecule has 0 saturated carbocycles. The summed E-state index contributed by atoms with van der Waals surface area (Å²) in [7, 11) is 0. The maximum atomic E-state index is 12.4. The number of benzene rings is 2. The van der Waals surface area contributed by atoms with Crippen molar-refractivity contribution in [2.24, 2.45) is 5.92 Å². The summed E-state index contributed by atoms with van der Waals surface area (Å²) in [4.78, 5) is 26.7. The number of hydrogen-bond donors (Lipinski definition) is 1. The molecule has 3 rings (SSSR count). The lowest BCUT2D eigenvalue weighted by atomic mass is 9.95. The summed E-state index contributed by atoms with van der Waals surface area (Å²) >= 11 is 5.98. The number of nitrogens with one attached hydrogen (secondary N) is 1. The van der Waals surface area contributed by atoms with Crippen LogP contribution in [0.5, 0.6) is 0 Å². The Hall–Kier alpha value is -2.33. The fourth-order valence-electron chi connectivity index (χ4n) is 3.61. The van der Waals surface area contributed by atoms with Crippen molar-refractivity contribution in [2.45, 2.75) is 32.1 Å². The van der Waals surface area contributed by atoms with Gasteiger partial charge in [-0.2, -0.15) is 0 Å². The predicted molar refractivity (Wildman–Crippen MR) is 112 cm³/mol. The number of hydrogen-bond acceptors (Lipinski definition) is 2. The molecule has 0 bridgehead atoms. The summed E-state index contributed by atoms with van der Waals surface area (Å²) in [6.07, 6.45) is 3.54. The molecule has 5 heteroatoms. The fourth-order valence-corrected chi connectivity index (χ4v) is 3.82. The van der Waals surface area contributed by atoms with Crippen molar-refractivity contribution in [1.29, 1.82) is 0 Å². The minimum absolute atomic E-state index is 0.00228. The van der Waals surface area contributed by atoms with Crippen LogP contribution in [0, 0.1) is 5.92 Å². The highest BCUT2D eigenvalue weighted by Crippen LogP contribution is 2.19. The molecule has 2 amide bonds. The molecule has 1 heterocycles. The van der Waals surface area contributed by atoms with Crippen LogP contribution in [0.4, 0.5) is 0 Å². The van der Waals surface area contributed by atoms with Crippen LogP contribution in [0.1, 0.15) is 30.4 Å². The molecule has 28 heavy (non-hydrogen) atoms. The van der Waals surface area contributed by atoms with Crippen molar-refractivity contribution in [3.05, 3.63) is 70.7 Å². The summed E-state index contributed by atoms with van der Waals surface area (Å²) in [5.41, 5.74) is 2.30. The highest BCUT2D eigenvalue weighted by Gasteiger charge is 2.26. The third-order valence-electron chi connectivity index (χ3n) is 5.29. The largest absolute Gasteiger partial charge is 0.356 e. The van der Waals surface area contributed by atoms with Gasteiger partial charge in [0, 0.05) is 37.0 Å². The number of carbonyl (C=O) groups is 2. The quantitative estimate of drug-likeness (QED) is 0.769. The first-order valence-corrected chi connectivity index (χ1v) is 10.3. The van der Waals surface area contributed by atoms with Gasteiger partial charge in [0.15, 0.2) is 0 Å². The van der Waals surface area contributed by atoms with E-state index in [1.165, 1.54) is 5.56 Å². The average Bonchev–Trinajstić information content (AvgIpc) is 2.73. The summed E-state index contributed by atoms with van der Waals surface area (Å²) in [5.74, 6) is 0.277. The lowest BCUT2D eigenvalue weighted by Gasteiger charge is -2.31. The third kappa shape index (κ3) is 6.10. The SMILES string of the molecule is O=C(NCCc1cccc(Cl)c1)C1CCN(C(=O)CCc2ccccc2)CC1. The lowest BCUT2D eigenvalue weighted by molar-refractivity contribution is -0.135. The van der Waals surface area contributed by atoms with Crippen LogP contribution in [0.15, 0.2) is 54.6 Å². The second kappa shape index (κ2) is 10.3. The van der Waals surface area contributed by atoms with Crippen molar-refractivity contribution in [1.82, 2.24) is 10.2 Å². The maximum absolute atomic E-state index is 12.4. The first kappa shape index (κ1) is 20.4. The molecule has 0 aromatic heterocycles. The highest BCUT2D eigenvalue weighted by molar-refractivity contribution is 6.30. The van der Waals surface area contributed by atoms with Crippen LogP contribution in [0.25, 0.3) is 0 Å². The van der Waals surface area contributed by atoms with Crippen molar-refractivity contribution in [3.63, 3.8) is 0 Å². The molecular formula is C23H27ClN2O2. The zero-order valence-electron chi connectivity index (χ0n) is 16.1. The Bertz CT molecular complexity index is 786. The van der Waals surface area contributed by atoms with Gasteiger partial charge < -0.3 is 10.2 Å². The van der Waals surface area contributed by atoms with Crippen molar-refractivity contribution in [3.8, 4) is 0 Å². The smallest absolute Gasteiger partial charge is 0.223 e. The van der Waals surface area contributed by atoms with Gasteiger partial charge in [0.2, 0.25) is 11.8 Å². The van der Waals surface area contributed by atoms with Gasteiger partial charge in [-0.15, -0.1) is 0 Å². The molecule has 148 valence electrons. The van der Waals surface area contributed by atoms with E-state index in [1.54, 1.807) is 0 Å². The molecule has 2 aromatic carbocycles. The molecule has 1 fully saturated rings. The van der Waals surface area contributed by atoms with Gasteiger partial charge in [0.1, 0.15) is 0 Å². The van der Waals surface area contributed by atoms with Crippen molar-refractivity contribution < 1.29 is 9.59 Å². The Morgan fingerprint density at radius 1 is 0.964 bits per heavy atom. The Kier molecular flexibility index (Phi) is 7.49. The van der Waals surface area contributed by atoms with E-state index in [0.717, 1.165) is 31.2 Å². The Morgan fingerprint density at radius 2 is 1.68 bits per heavy atom. The standard InChI is InChI=1S/C23H27ClN2O2/c24-21-8-4-7-19(17-21)11-14-25-23(28)20-12-15-26(16-13-20)22(27)10-9-18-5-2-1-3-6-18/h1-8,17,20H,9-16H2,(H,25,28). The van der Waals surface area contributed by atoms with Gasteiger partial charge >= 0.3 is 0 Å². The van der Waals surface area contributed by atoms with Gasteiger partial charge in [-0.3, -0.25) is 9.59 Å². The van der Waals surface area contributed by atoms with Gasteiger partial charge in [0.05, 0.1) is 0 Å². The molecule has 4 nitrogen and oxygen atoms in total. The van der Waals surface area contributed by atoms with E-state index in [4.69, 9.17) is 11.6 Å². The normalized spacial score (nSPS) is 14.7. The van der Waals surface area contributed by atoms with E-state index in [-0.39, 0.29) is 17.7 Å². The second-order valence-electron chi connectivity index (χ2n) is 7.31. The molecular weight excluding hydrogens is 372 g/mol. The number of halogens is 1. The van der Waals surface area contributed by atoms with E-state index < -0.39 is 0 Å². The van der Waals surface area contributed by atoms with Gasteiger partial charge in [0.25, 0.3) is 0 Å². The molecule has 1 N–H and O–H groups in total. The molecule has 1 saturated heterocycles. The van der Waals surface area contributed by atoms with Crippen LogP contribution in [0.3, 0.4) is 0 Å². The molecule has 0 unspecified atom stereocenters. The fraction of sp³-hybridized carbons (Fsp3) is 0.391. The number of amides is 2. The van der Waals surface area contributed by atoms with Crippen LogP contribution in [-0.2, 0) is 22.4 Å². The number of likely N-dealkylation sites (tertiary alicyclic amines) is 1. The summed E-state index contributed by atoms with van der Waals surface area (Å²) in [6.45, 7) is 1.94. The summed E-state index contributed by atoms with van der Waals surface area (Å²) in [5, 5.41) is 3.74. The first-order chi connectivity index (χ1) is 13.6. The molecule has 0 aliphatic carbocycles. The average molecular weight is 399 g/mol. The van der Waals surface area contributed by atoms with Crippen LogP contribution in [0.2, 0.25) is 5.02 Å². The molecule has 0 spiro atoms. The second-order valence-corrected chi connectivity index (χ2v) is 7.75. The molecule has 1 aliphatic rings. The topological polar surface area (TPSA) is 49.4 Å². The minimum atomic E-state index is -0.00228. The number of piperidine rings is 1. The Balaban J connectivity index is 1.35. The van der Waals surface area contributed by atoms with E-state index in [9.17, 15) is 9.59 Å². The number of nitrogens with zero attached hydrogens (tertiary/aromatic N) is 1. The van der Waals surface area contributed by atoms with E-state index in [2.05, 4.69) is 5.32 Å². The van der Waals surface area contributed by atoms with Crippen LogP contribution < -0.4 is 5.32 Å². The van der Waals surface area contributed by atoms with E-state index in [0.29, 0.717) is 31.1 Å². The molecule has 0 atom stereocenters. The van der Waals surface area contributed by atoms with E-state index in [1.807, 2.05) is 59.5 Å². The Labute approximate surface area is 171 Å². The lowest BCUT2D eigenvalue weighted by Crippen LogP contribution is -2.43. The molecule has 0 radical (unpaired) electrons. The highest BCUT2D eigenvalue weighted by atomic mass is 35.5. The number of rotatable bonds is 7. The number of aryl methyl sites for hydroxylation is 1. The summed E-state index contributed by atoms with van der Waals surface area (Å²) < 4.78 is 0. The van der Waals surface area contributed by atoms with E-state index >= 15 is 0 Å². The van der Waals surface area contributed by atoms with Crippen molar-refractivity contribution in [2.75, 3.05) is 19.6 Å². The Morgan fingerprint density at radius 3 is 2.39 bits per heavy atom. The monoisotopic (exact) mass is 398 g/mol. The zero-order chi connectivity index (χ0) is 19.8. The third-order valence-corrected chi connectivity index (χ3v) is 5.53. The van der Waals surface area contributed by atoms with Gasteiger partial charge in [-0.1, -0.05) is 54.1 Å². The van der Waals surface area contributed by atoms with Gasteiger partial charge in [-0.05, 0) is 48.9 Å². The van der Waals surface area contributed by atoms with Gasteiger partial charge in [-0.25, -0.2) is 0 Å². The minimum Gasteiger partial charge on any atom is -0.356 e. The summed E-state index contributed by atoms with van der Waals surface area (Å²) in [6, 6.07) is 17.8. The predicted octanol–water partition coefficient (Wildman–Crippen LogP) is 3.87. The molecule has 1 aliphatic heterocycles. The van der Waals surface area contributed by atoms with Crippen LogP contribution >= 0.6 is 11.6 Å². The number of carbonyl (C=O) groups excluding carboxylic acids is 2. The maximum Gasteiger partial charge on any atom is 0.223 e. The van der Waals surface area contributed by atoms with Crippen molar-refractivity contribution >= 4 is 23.4 Å². The molecule has 2 aromatic rings. The first-order valence-electron chi connectivity index (χ1n) is 9.95. The zero-order valence-corrected chi connectivity index (χ0v) is 16.8.